The molecule has 2 N–H and O–H groups in total. The molecule has 0 spiro atoms. The molecule has 10 heteroatoms. The summed E-state index contributed by atoms with van der Waals surface area (Å²) in [7, 11) is 1.37. The highest BCUT2D eigenvalue weighted by Crippen LogP contribution is 2.12. The summed E-state index contributed by atoms with van der Waals surface area (Å²) in [6.45, 7) is 5.68. The lowest BCUT2D eigenvalue weighted by Crippen LogP contribution is -2.49. The van der Waals surface area contributed by atoms with Crippen LogP contribution in [0.5, 0.6) is 0 Å². The summed E-state index contributed by atoms with van der Waals surface area (Å²) in [5.41, 5.74) is 6.60. The fraction of sp³-hybridized carbons (Fsp3) is 0.391. The van der Waals surface area contributed by atoms with Crippen molar-refractivity contribution in [3.8, 4) is 0 Å². The molecule has 4 rings (SSSR count). The zero-order valence-electron chi connectivity index (χ0n) is 18.9. The Morgan fingerprint density at radius 2 is 1.73 bits per heavy atom. The number of hydrogen-bond acceptors (Lipinski definition) is 8. The lowest BCUT2D eigenvalue weighted by atomic mass is 10.1. The van der Waals surface area contributed by atoms with Crippen LogP contribution in [0.15, 0.2) is 50.5 Å². The quantitative estimate of drug-likeness (QED) is 0.514. The third kappa shape index (κ3) is 4.96. The standard InChI is InChI=1S/C23H28N6O4/c1-16-12-18(25-33-16)14-27-8-10-28(11-9-27)15-19(30)20-21(24)29(23(32)26(2)22(20)31)13-17-6-4-3-5-7-17/h3-7,12H,8-11,13-15,24H2,1-2H3. The van der Waals surface area contributed by atoms with Crippen LogP contribution >= 0.6 is 0 Å². The Balaban J connectivity index is 1.47. The topological polar surface area (TPSA) is 120 Å². The van der Waals surface area contributed by atoms with E-state index in [4.69, 9.17) is 10.3 Å². The normalized spacial score (nSPS) is 15.1. The zero-order valence-corrected chi connectivity index (χ0v) is 18.9. The fourth-order valence-corrected chi connectivity index (χ4v) is 4.07. The predicted octanol–water partition coefficient (Wildman–Crippen LogP) is 0.474. The van der Waals surface area contributed by atoms with Crippen LogP contribution in [-0.2, 0) is 20.1 Å². The summed E-state index contributed by atoms with van der Waals surface area (Å²) in [5.74, 6) is 0.314. The monoisotopic (exact) mass is 452 g/mol. The second-order valence-electron chi connectivity index (χ2n) is 8.38. The first-order valence-electron chi connectivity index (χ1n) is 10.9. The van der Waals surface area contributed by atoms with Crippen LogP contribution in [0.25, 0.3) is 0 Å². The van der Waals surface area contributed by atoms with Crippen LogP contribution in [0.3, 0.4) is 0 Å². The Bertz CT molecular complexity index is 1250. The number of Topliss-reactive ketones (excluding diaryl/α,β-unsaturated/α-hetero) is 1. The Morgan fingerprint density at radius 3 is 2.36 bits per heavy atom. The molecule has 3 heterocycles. The van der Waals surface area contributed by atoms with E-state index in [1.807, 2.05) is 48.2 Å². The summed E-state index contributed by atoms with van der Waals surface area (Å²) < 4.78 is 7.35. The van der Waals surface area contributed by atoms with Gasteiger partial charge in [-0.25, -0.2) is 4.79 Å². The van der Waals surface area contributed by atoms with Gasteiger partial charge in [0.05, 0.1) is 18.8 Å². The molecule has 1 saturated heterocycles. The Hall–Kier alpha value is -3.50. The summed E-state index contributed by atoms with van der Waals surface area (Å²) in [4.78, 5) is 42.8. The van der Waals surface area contributed by atoms with E-state index in [0.29, 0.717) is 19.6 Å². The highest BCUT2D eigenvalue weighted by Gasteiger charge is 2.25. The molecule has 0 atom stereocenters. The summed E-state index contributed by atoms with van der Waals surface area (Å²) in [6, 6.07) is 11.2. The minimum Gasteiger partial charge on any atom is -0.384 e. The molecule has 0 bridgehead atoms. The second kappa shape index (κ2) is 9.55. The van der Waals surface area contributed by atoms with Gasteiger partial charge in [-0.1, -0.05) is 35.5 Å². The number of piperazine rings is 1. The van der Waals surface area contributed by atoms with E-state index in [1.54, 1.807) is 0 Å². The molecular weight excluding hydrogens is 424 g/mol. The number of benzene rings is 1. The number of carbonyl (C=O) groups is 1. The Kier molecular flexibility index (Phi) is 6.57. The van der Waals surface area contributed by atoms with Gasteiger partial charge in [-0.2, -0.15) is 0 Å². The summed E-state index contributed by atoms with van der Waals surface area (Å²) in [6.07, 6.45) is 0. The van der Waals surface area contributed by atoms with Gasteiger partial charge < -0.3 is 10.3 Å². The van der Waals surface area contributed by atoms with Gasteiger partial charge in [-0.15, -0.1) is 0 Å². The van der Waals surface area contributed by atoms with E-state index >= 15 is 0 Å². The van der Waals surface area contributed by atoms with Gasteiger partial charge in [0.1, 0.15) is 17.1 Å². The largest absolute Gasteiger partial charge is 0.384 e. The van der Waals surface area contributed by atoms with Gasteiger partial charge in [-0.05, 0) is 12.5 Å². The molecule has 2 aromatic heterocycles. The first-order chi connectivity index (χ1) is 15.8. The van der Waals surface area contributed by atoms with Gasteiger partial charge >= 0.3 is 5.69 Å². The van der Waals surface area contributed by atoms with Crippen LogP contribution in [0.4, 0.5) is 5.82 Å². The zero-order chi connectivity index (χ0) is 23.5. The van der Waals surface area contributed by atoms with E-state index in [-0.39, 0.29) is 30.3 Å². The first-order valence-corrected chi connectivity index (χ1v) is 10.9. The van der Waals surface area contributed by atoms with Crippen LogP contribution in [-0.4, -0.2) is 62.6 Å². The van der Waals surface area contributed by atoms with Crippen molar-refractivity contribution in [1.82, 2.24) is 24.1 Å². The van der Waals surface area contributed by atoms with Crippen LogP contribution in [0.1, 0.15) is 27.4 Å². The first kappa shape index (κ1) is 22.7. The van der Waals surface area contributed by atoms with Crippen molar-refractivity contribution in [2.75, 3.05) is 38.5 Å². The average Bonchev–Trinajstić information content (AvgIpc) is 3.22. The lowest BCUT2D eigenvalue weighted by molar-refractivity contribution is 0.0839. The van der Waals surface area contributed by atoms with Crippen molar-refractivity contribution < 1.29 is 9.32 Å². The van der Waals surface area contributed by atoms with Gasteiger partial charge in [0.15, 0.2) is 5.78 Å². The molecule has 0 saturated carbocycles. The number of ketones is 1. The second-order valence-corrected chi connectivity index (χ2v) is 8.38. The SMILES string of the molecule is Cc1cc(CN2CCN(CC(=O)c3c(N)n(Cc4ccccc4)c(=O)n(C)c3=O)CC2)no1. The van der Waals surface area contributed by atoms with Crippen LogP contribution in [0, 0.1) is 6.92 Å². The molecule has 1 aromatic carbocycles. The van der Waals surface area contributed by atoms with E-state index in [1.165, 1.54) is 11.6 Å². The fourth-order valence-electron chi connectivity index (χ4n) is 4.07. The van der Waals surface area contributed by atoms with Crippen LogP contribution in [0.2, 0.25) is 0 Å². The minimum atomic E-state index is -0.660. The average molecular weight is 453 g/mol. The number of rotatable bonds is 7. The summed E-state index contributed by atoms with van der Waals surface area (Å²) >= 11 is 0. The van der Waals surface area contributed by atoms with Gasteiger partial charge in [0.2, 0.25) is 0 Å². The summed E-state index contributed by atoms with van der Waals surface area (Å²) in [5, 5.41) is 4.03. The molecule has 0 aliphatic carbocycles. The number of anilines is 1. The van der Waals surface area contributed by atoms with Crippen molar-refractivity contribution in [3.05, 3.63) is 79.8 Å². The number of carbonyl (C=O) groups excluding carboxylic acids is 1. The Labute approximate surface area is 190 Å². The maximum Gasteiger partial charge on any atom is 0.332 e. The van der Waals surface area contributed by atoms with E-state index < -0.39 is 11.2 Å². The highest BCUT2D eigenvalue weighted by molar-refractivity contribution is 6.01. The third-order valence-electron chi connectivity index (χ3n) is 5.94. The van der Waals surface area contributed by atoms with Crippen molar-refractivity contribution in [2.45, 2.75) is 20.0 Å². The third-order valence-corrected chi connectivity index (χ3v) is 5.94. The van der Waals surface area contributed by atoms with E-state index in [9.17, 15) is 14.4 Å². The minimum absolute atomic E-state index is 0.0693. The number of nitrogens with zero attached hydrogens (tertiary/aromatic N) is 5. The molecular formula is C23H28N6O4. The van der Waals surface area contributed by atoms with Crippen LogP contribution < -0.4 is 17.0 Å². The van der Waals surface area contributed by atoms with E-state index in [2.05, 4.69) is 10.1 Å². The number of aromatic nitrogens is 3. The Morgan fingerprint density at radius 1 is 1.06 bits per heavy atom. The molecule has 1 fully saturated rings. The van der Waals surface area contributed by atoms with Crippen molar-refractivity contribution in [2.24, 2.45) is 7.05 Å². The number of aryl methyl sites for hydroxylation is 1. The lowest BCUT2D eigenvalue weighted by Gasteiger charge is -2.33. The number of nitrogens with two attached hydrogens (primary N) is 1. The van der Waals surface area contributed by atoms with Gasteiger partial charge in [0, 0.05) is 45.8 Å². The molecule has 10 nitrogen and oxygen atoms in total. The molecule has 0 radical (unpaired) electrons. The van der Waals surface area contributed by atoms with Crippen molar-refractivity contribution >= 4 is 11.6 Å². The number of hydrogen-bond donors (Lipinski definition) is 1. The van der Waals surface area contributed by atoms with E-state index in [0.717, 1.165) is 34.7 Å². The molecule has 1 aliphatic heterocycles. The molecule has 33 heavy (non-hydrogen) atoms. The predicted molar refractivity (Wildman–Crippen MR) is 123 cm³/mol. The number of nitrogen functional groups attached to an aromatic ring is 1. The maximum atomic E-state index is 13.1. The van der Waals surface area contributed by atoms with Gasteiger partial charge in [0.25, 0.3) is 5.56 Å². The molecule has 1 aliphatic rings. The maximum absolute atomic E-state index is 13.1. The van der Waals surface area contributed by atoms with Crippen molar-refractivity contribution in [3.63, 3.8) is 0 Å². The van der Waals surface area contributed by atoms with Gasteiger partial charge in [-0.3, -0.25) is 28.5 Å². The smallest absolute Gasteiger partial charge is 0.332 e. The van der Waals surface area contributed by atoms with Crippen molar-refractivity contribution in [1.29, 1.82) is 0 Å². The molecule has 0 unspecified atom stereocenters. The molecule has 0 amide bonds. The molecule has 174 valence electrons. The highest BCUT2D eigenvalue weighted by atomic mass is 16.5. The molecule has 3 aromatic rings.